The van der Waals surface area contributed by atoms with Crippen LogP contribution in [0.2, 0.25) is 0 Å². The van der Waals surface area contributed by atoms with E-state index in [0.717, 1.165) is 5.56 Å². The zero-order valence-electron chi connectivity index (χ0n) is 14.8. The van der Waals surface area contributed by atoms with E-state index >= 15 is 0 Å². The first-order chi connectivity index (χ1) is 13.4. The SMILES string of the molecule is Cc1ccc(/C=C(\C#N)C(=O)OCC(=O)Nc2ccc(OC(F)F)cc2)cc1. The van der Waals surface area contributed by atoms with Crippen LogP contribution in [0.5, 0.6) is 5.75 Å². The molecular weight excluding hydrogens is 370 g/mol. The van der Waals surface area contributed by atoms with Crippen molar-refractivity contribution in [3.8, 4) is 11.8 Å². The molecule has 0 atom stereocenters. The molecule has 1 N–H and O–H groups in total. The highest BCUT2D eigenvalue weighted by Crippen LogP contribution is 2.17. The van der Waals surface area contributed by atoms with Crippen molar-refractivity contribution >= 4 is 23.6 Å². The molecule has 0 aliphatic rings. The van der Waals surface area contributed by atoms with Gasteiger partial charge in [0.25, 0.3) is 5.91 Å². The number of carbonyl (C=O) groups excluding carboxylic acids is 2. The second kappa shape index (κ2) is 9.83. The van der Waals surface area contributed by atoms with Crippen LogP contribution in [0.1, 0.15) is 11.1 Å². The maximum atomic E-state index is 12.1. The van der Waals surface area contributed by atoms with Crippen LogP contribution in [0.3, 0.4) is 0 Å². The van der Waals surface area contributed by atoms with Crippen LogP contribution in [-0.4, -0.2) is 25.1 Å². The first kappa shape index (κ1) is 20.6. The minimum absolute atomic E-state index is 0.0562. The van der Waals surface area contributed by atoms with Gasteiger partial charge in [-0.2, -0.15) is 14.0 Å². The third kappa shape index (κ3) is 6.53. The van der Waals surface area contributed by atoms with E-state index in [2.05, 4.69) is 10.1 Å². The fraction of sp³-hybridized carbons (Fsp3) is 0.150. The van der Waals surface area contributed by atoms with Crippen molar-refractivity contribution in [3.63, 3.8) is 0 Å². The monoisotopic (exact) mass is 386 g/mol. The largest absolute Gasteiger partial charge is 0.451 e. The molecule has 0 saturated carbocycles. The molecular formula is C20H16F2N2O4. The van der Waals surface area contributed by atoms with Crippen LogP contribution in [0.25, 0.3) is 6.08 Å². The summed E-state index contributed by atoms with van der Waals surface area (Å²) in [6.45, 7) is -1.64. The van der Waals surface area contributed by atoms with Gasteiger partial charge in [0.2, 0.25) is 0 Å². The standard InChI is InChI=1S/C20H16F2N2O4/c1-13-2-4-14(5-3-13)10-15(11-23)19(26)27-12-18(25)24-16-6-8-17(9-7-16)28-20(21)22/h2-10,20H,12H2,1H3,(H,24,25)/b15-10+. The molecule has 0 aliphatic heterocycles. The van der Waals surface area contributed by atoms with E-state index in [4.69, 9.17) is 10.00 Å². The van der Waals surface area contributed by atoms with E-state index in [1.54, 1.807) is 18.2 Å². The van der Waals surface area contributed by atoms with E-state index in [9.17, 15) is 18.4 Å². The van der Waals surface area contributed by atoms with Crippen molar-refractivity contribution in [2.45, 2.75) is 13.5 Å². The topological polar surface area (TPSA) is 88.4 Å². The number of amides is 1. The Kier molecular flexibility index (Phi) is 7.22. The third-order valence-electron chi connectivity index (χ3n) is 3.43. The normalized spacial score (nSPS) is 10.9. The smallest absolute Gasteiger partial charge is 0.387 e. The number of nitrogens with zero attached hydrogens (tertiary/aromatic N) is 1. The number of nitrogens with one attached hydrogen (secondary N) is 1. The van der Waals surface area contributed by atoms with Crippen LogP contribution < -0.4 is 10.1 Å². The van der Waals surface area contributed by atoms with Gasteiger partial charge in [-0.1, -0.05) is 29.8 Å². The van der Waals surface area contributed by atoms with Crippen molar-refractivity contribution in [3.05, 3.63) is 65.2 Å². The molecule has 2 rings (SSSR count). The lowest BCUT2D eigenvalue weighted by Crippen LogP contribution is -2.21. The van der Waals surface area contributed by atoms with Crippen LogP contribution in [-0.2, 0) is 14.3 Å². The highest BCUT2D eigenvalue weighted by Gasteiger charge is 2.13. The van der Waals surface area contributed by atoms with Gasteiger partial charge in [-0.25, -0.2) is 4.79 Å². The Morgan fingerprint density at radius 2 is 1.79 bits per heavy atom. The number of hydrogen-bond acceptors (Lipinski definition) is 5. The lowest BCUT2D eigenvalue weighted by molar-refractivity contribution is -0.142. The molecule has 8 heteroatoms. The lowest BCUT2D eigenvalue weighted by Gasteiger charge is -2.08. The predicted octanol–water partition coefficient (Wildman–Crippen LogP) is 3.69. The Labute approximate surface area is 160 Å². The van der Waals surface area contributed by atoms with Gasteiger partial charge in [-0.3, -0.25) is 4.79 Å². The summed E-state index contributed by atoms with van der Waals surface area (Å²) in [5, 5.41) is 11.5. The highest BCUT2D eigenvalue weighted by atomic mass is 19.3. The zero-order chi connectivity index (χ0) is 20.5. The maximum Gasteiger partial charge on any atom is 0.387 e. The molecule has 0 bridgehead atoms. The number of carbonyl (C=O) groups is 2. The Hall–Kier alpha value is -3.73. The quantitative estimate of drug-likeness (QED) is 0.445. The fourth-order valence-electron chi connectivity index (χ4n) is 2.09. The first-order valence-corrected chi connectivity index (χ1v) is 8.07. The Balaban J connectivity index is 1.89. The number of rotatable bonds is 7. The summed E-state index contributed by atoms with van der Waals surface area (Å²) in [6, 6.07) is 14.1. The number of benzene rings is 2. The molecule has 0 heterocycles. The summed E-state index contributed by atoms with van der Waals surface area (Å²) in [7, 11) is 0. The molecule has 0 radical (unpaired) electrons. The van der Waals surface area contributed by atoms with Gasteiger partial charge in [-0.05, 0) is 42.8 Å². The highest BCUT2D eigenvalue weighted by molar-refractivity contribution is 6.00. The molecule has 2 aromatic carbocycles. The van der Waals surface area contributed by atoms with Gasteiger partial charge in [-0.15, -0.1) is 0 Å². The number of alkyl halides is 2. The number of ether oxygens (including phenoxy) is 2. The predicted molar refractivity (Wildman–Crippen MR) is 97.4 cm³/mol. The van der Waals surface area contributed by atoms with Gasteiger partial charge < -0.3 is 14.8 Å². The summed E-state index contributed by atoms with van der Waals surface area (Å²) in [4.78, 5) is 23.8. The second-order valence-electron chi connectivity index (χ2n) is 5.61. The molecule has 2 aromatic rings. The molecule has 1 amide bonds. The van der Waals surface area contributed by atoms with E-state index in [0.29, 0.717) is 11.3 Å². The average molecular weight is 386 g/mol. The molecule has 144 valence electrons. The molecule has 0 aromatic heterocycles. The zero-order valence-corrected chi connectivity index (χ0v) is 14.8. The maximum absolute atomic E-state index is 12.1. The van der Waals surface area contributed by atoms with Crippen molar-refractivity contribution in [2.24, 2.45) is 0 Å². The molecule has 0 fully saturated rings. The van der Waals surface area contributed by atoms with Gasteiger partial charge in [0.1, 0.15) is 17.4 Å². The van der Waals surface area contributed by atoms with Crippen LogP contribution in [0.15, 0.2) is 54.1 Å². The molecule has 6 nitrogen and oxygen atoms in total. The Morgan fingerprint density at radius 1 is 1.14 bits per heavy atom. The summed E-state index contributed by atoms with van der Waals surface area (Å²) >= 11 is 0. The summed E-state index contributed by atoms with van der Waals surface area (Å²) in [6.07, 6.45) is 1.36. The summed E-state index contributed by atoms with van der Waals surface area (Å²) in [5.41, 5.74) is 1.74. The molecule has 0 saturated heterocycles. The number of nitriles is 1. The number of anilines is 1. The number of halogens is 2. The Morgan fingerprint density at radius 3 is 2.36 bits per heavy atom. The van der Waals surface area contributed by atoms with Gasteiger partial charge in [0.05, 0.1) is 0 Å². The minimum atomic E-state index is -2.94. The number of esters is 1. The van der Waals surface area contributed by atoms with Crippen LogP contribution in [0, 0.1) is 18.3 Å². The summed E-state index contributed by atoms with van der Waals surface area (Å²) in [5.74, 6) is -1.64. The van der Waals surface area contributed by atoms with Crippen molar-refractivity contribution < 1.29 is 27.8 Å². The lowest BCUT2D eigenvalue weighted by atomic mass is 10.1. The Bertz CT molecular complexity index is 901. The van der Waals surface area contributed by atoms with Crippen molar-refractivity contribution in [1.82, 2.24) is 0 Å². The van der Waals surface area contributed by atoms with Crippen LogP contribution >= 0.6 is 0 Å². The molecule has 0 aliphatic carbocycles. The first-order valence-electron chi connectivity index (χ1n) is 8.07. The minimum Gasteiger partial charge on any atom is -0.451 e. The van der Waals surface area contributed by atoms with Crippen molar-refractivity contribution in [2.75, 3.05) is 11.9 Å². The molecule has 0 spiro atoms. The average Bonchev–Trinajstić information content (AvgIpc) is 2.67. The van der Waals surface area contributed by atoms with E-state index < -0.39 is 25.1 Å². The molecule has 0 unspecified atom stereocenters. The van der Waals surface area contributed by atoms with E-state index in [1.165, 1.54) is 30.3 Å². The second-order valence-corrected chi connectivity index (χ2v) is 5.61. The number of hydrogen-bond donors (Lipinski definition) is 1. The van der Waals surface area contributed by atoms with E-state index in [1.807, 2.05) is 19.1 Å². The van der Waals surface area contributed by atoms with Gasteiger partial charge in [0, 0.05) is 5.69 Å². The van der Waals surface area contributed by atoms with Gasteiger partial charge in [0.15, 0.2) is 6.61 Å². The summed E-state index contributed by atoms with van der Waals surface area (Å²) < 4.78 is 33.2. The van der Waals surface area contributed by atoms with Crippen molar-refractivity contribution in [1.29, 1.82) is 5.26 Å². The van der Waals surface area contributed by atoms with Crippen LogP contribution in [0.4, 0.5) is 14.5 Å². The fourth-order valence-corrected chi connectivity index (χ4v) is 2.09. The van der Waals surface area contributed by atoms with Gasteiger partial charge >= 0.3 is 12.6 Å². The van der Waals surface area contributed by atoms with E-state index in [-0.39, 0.29) is 11.3 Å². The molecule has 28 heavy (non-hydrogen) atoms. The third-order valence-corrected chi connectivity index (χ3v) is 3.43. The number of aryl methyl sites for hydroxylation is 1.